The molecule has 0 spiro atoms. The molecule has 1 saturated heterocycles. The highest BCUT2D eigenvalue weighted by molar-refractivity contribution is 5.74. The lowest BCUT2D eigenvalue weighted by atomic mass is 9.92. The Morgan fingerprint density at radius 1 is 1.50 bits per heavy atom. The lowest BCUT2D eigenvalue weighted by molar-refractivity contribution is -0.119. The standard InChI is InChI=1S/C15H21FN2O2/c1-10(19)12-3-2-4-13(16)15(12)18-7-5-11(6-8-18)9-14(17)20/h2-4,10-11,19H,5-9H2,1H3,(H2,17,20)/t10-/m1/s1. The van der Waals surface area contributed by atoms with E-state index in [1.165, 1.54) is 6.07 Å². The zero-order valence-corrected chi connectivity index (χ0v) is 11.7. The van der Waals surface area contributed by atoms with Gasteiger partial charge in [0.1, 0.15) is 5.82 Å². The van der Waals surface area contributed by atoms with E-state index >= 15 is 0 Å². The fourth-order valence-corrected chi connectivity index (χ4v) is 2.85. The van der Waals surface area contributed by atoms with Gasteiger partial charge >= 0.3 is 0 Å². The van der Waals surface area contributed by atoms with Crippen LogP contribution in [0, 0.1) is 11.7 Å². The van der Waals surface area contributed by atoms with Crippen LogP contribution in [0.25, 0.3) is 0 Å². The molecular weight excluding hydrogens is 259 g/mol. The molecule has 3 N–H and O–H groups in total. The van der Waals surface area contributed by atoms with E-state index in [0.29, 0.717) is 30.8 Å². The Labute approximate surface area is 118 Å². The van der Waals surface area contributed by atoms with Gasteiger partial charge in [0, 0.05) is 25.1 Å². The molecule has 2 rings (SSSR count). The number of nitrogens with zero attached hydrogens (tertiary/aromatic N) is 1. The molecule has 4 nitrogen and oxygen atoms in total. The second kappa shape index (κ2) is 6.22. The minimum atomic E-state index is -0.705. The number of aliphatic hydroxyl groups excluding tert-OH is 1. The number of carbonyl (C=O) groups is 1. The van der Waals surface area contributed by atoms with E-state index in [9.17, 15) is 14.3 Å². The third-order valence-electron chi connectivity index (χ3n) is 3.89. The molecule has 1 aliphatic rings. The Morgan fingerprint density at radius 3 is 2.70 bits per heavy atom. The Balaban J connectivity index is 2.12. The number of piperidine rings is 1. The second-order valence-electron chi connectivity index (χ2n) is 5.45. The highest BCUT2D eigenvalue weighted by atomic mass is 19.1. The molecule has 0 saturated carbocycles. The van der Waals surface area contributed by atoms with Gasteiger partial charge in [-0.15, -0.1) is 0 Å². The van der Waals surface area contributed by atoms with Crippen molar-refractivity contribution >= 4 is 11.6 Å². The molecule has 0 radical (unpaired) electrons. The van der Waals surface area contributed by atoms with Gasteiger partial charge in [-0.2, -0.15) is 0 Å². The first-order chi connectivity index (χ1) is 9.49. The van der Waals surface area contributed by atoms with Crippen LogP contribution in [-0.2, 0) is 4.79 Å². The van der Waals surface area contributed by atoms with E-state index < -0.39 is 6.10 Å². The van der Waals surface area contributed by atoms with Crippen LogP contribution in [0.2, 0.25) is 0 Å². The Kier molecular flexibility index (Phi) is 4.60. The Morgan fingerprint density at radius 2 is 2.15 bits per heavy atom. The maximum atomic E-state index is 14.1. The van der Waals surface area contributed by atoms with Gasteiger partial charge in [-0.1, -0.05) is 12.1 Å². The summed E-state index contributed by atoms with van der Waals surface area (Å²) in [5.41, 5.74) is 6.31. The number of hydrogen-bond donors (Lipinski definition) is 2. The van der Waals surface area contributed by atoms with E-state index in [0.717, 1.165) is 12.8 Å². The maximum absolute atomic E-state index is 14.1. The summed E-state index contributed by atoms with van der Waals surface area (Å²) in [7, 11) is 0. The van der Waals surface area contributed by atoms with E-state index in [2.05, 4.69) is 0 Å². The number of para-hydroxylation sites is 1. The first kappa shape index (κ1) is 14.8. The van der Waals surface area contributed by atoms with E-state index in [1.54, 1.807) is 19.1 Å². The lowest BCUT2D eigenvalue weighted by Crippen LogP contribution is -2.36. The van der Waals surface area contributed by atoms with Crippen molar-refractivity contribution in [3.8, 4) is 0 Å². The molecule has 1 aromatic carbocycles. The molecule has 1 heterocycles. The van der Waals surface area contributed by atoms with Gasteiger partial charge in [0.15, 0.2) is 0 Å². The summed E-state index contributed by atoms with van der Waals surface area (Å²) in [4.78, 5) is 12.9. The van der Waals surface area contributed by atoms with Gasteiger partial charge in [0.05, 0.1) is 11.8 Å². The first-order valence-electron chi connectivity index (χ1n) is 6.98. The van der Waals surface area contributed by atoms with Gasteiger partial charge < -0.3 is 15.7 Å². The summed E-state index contributed by atoms with van der Waals surface area (Å²) in [6, 6.07) is 4.77. The van der Waals surface area contributed by atoms with Gasteiger partial charge in [-0.05, 0) is 31.7 Å². The summed E-state index contributed by atoms with van der Waals surface area (Å²) in [6.45, 7) is 3.00. The molecule has 0 aromatic heterocycles. The average molecular weight is 280 g/mol. The quantitative estimate of drug-likeness (QED) is 0.886. The highest BCUT2D eigenvalue weighted by Gasteiger charge is 2.25. The van der Waals surface area contributed by atoms with Crippen molar-refractivity contribution in [2.75, 3.05) is 18.0 Å². The van der Waals surface area contributed by atoms with Gasteiger partial charge in [-0.25, -0.2) is 4.39 Å². The predicted molar refractivity (Wildman–Crippen MR) is 75.8 cm³/mol. The van der Waals surface area contributed by atoms with Crippen molar-refractivity contribution in [3.05, 3.63) is 29.6 Å². The fraction of sp³-hybridized carbons (Fsp3) is 0.533. The molecular formula is C15H21FN2O2. The normalized spacial score (nSPS) is 18.1. The Bertz CT molecular complexity index is 483. The number of primary amides is 1. The van der Waals surface area contributed by atoms with E-state index in [-0.39, 0.29) is 17.6 Å². The topological polar surface area (TPSA) is 66.6 Å². The minimum Gasteiger partial charge on any atom is -0.389 e. The lowest BCUT2D eigenvalue weighted by Gasteiger charge is -2.35. The first-order valence-corrected chi connectivity index (χ1v) is 6.98. The number of hydrogen-bond acceptors (Lipinski definition) is 3. The van der Waals surface area contributed by atoms with Crippen molar-refractivity contribution in [1.29, 1.82) is 0 Å². The molecule has 0 bridgehead atoms. The number of aliphatic hydroxyl groups is 1. The van der Waals surface area contributed by atoms with Gasteiger partial charge in [-0.3, -0.25) is 4.79 Å². The monoisotopic (exact) mass is 280 g/mol. The van der Waals surface area contributed by atoms with Crippen LogP contribution in [0.1, 0.15) is 37.9 Å². The number of halogens is 1. The zero-order chi connectivity index (χ0) is 14.7. The summed E-state index contributed by atoms with van der Waals surface area (Å²) >= 11 is 0. The summed E-state index contributed by atoms with van der Waals surface area (Å²) < 4.78 is 14.1. The average Bonchev–Trinajstić information content (AvgIpc) is 2.39. The van der Waals surface area contributed by atoms with Crippen molar-refractivity contribution in [2.24, 2.45) is 11.7 Å². The number of carbonyl (C=O) groups excluding carboxylic acids is 1. The van der Waals surface area contributed by atoms with Crippen LogP contribution in [0.4, 0.5) is 10.1 Å². The maximum Gasteiger partial charge on any atom is 0.217 e. The smallest absolute Gasteiger partial charge is 0.217 e. The van der Waals surface area contributed by atoms with Crippen LogP contribution in [-0.4, -0.2) is 24.1 Å². The molecule has 1 aliphatic heterocycles. The Hall–Kier alpha value is -1.62. The van der Waals surface area contributed by atoms with Gasteiger partial charge in [0.25, 0.3) is 0 Å². The van der Waals surface area contributed by atoms with Crippen molar-refractivity contribution in [1.82, 2.24) is 0 Å². The largest absolute Gasteiger partial charge is 0.389 e. The van der Waals surface area contributed by atoms with Crippen molar-refractivity contribution < 1.29 is 14.3 Å². The molecule has 5 heteroatoms. The summed E-state index contributed by atoms with van der Waals surface area (Å²) in [6.07, 6.45) is 1.32. The van der Waals surface area contributed by atoms with E-state index in [1.807, 2.05) is 4.90 Å². The molecule has 20 heavy (non-hydrogen) atoms. The van der Waals surface area contributed by atoms with Crippen LogP contribution >= 0.6 is 0 Å². The van der Waals surface area contributed by atoms with Crippen LogP contribution in [0.3, 0.4) is 0 Å². The van der Waals surface area contributed by atoms with Crippen LogP contribution in [0.15, 0.2) is 18.2 Å². The summed E-state index contributed by atoms with van der Waals surface area (Å²) in [5.74, 6) is -0.304. The van der Waals surface area contributed by atoms with Crippen molar-refractivity contribution in [2.45, 2.75) is 32.3 Å². The van der Waals surface area contributed by atoms with Crippen LogP contribution in [0.5, 0.6) is 0 Å². The number of anilines is 1. The molecule has 110 valence electrons. The van der Waals surface area contributed by atoms with Crippen molar-refractivity contribution in [3.63, 3.8) is 0 Å². The third kappa shape index (κ3) is 3.28. The van der Waals surface area contributed by atoms with Gasteiger partial charge in [0.2, 0.25) is 5.91 Å². The fourth-order valence-electron chi connectivity index (χ4n) is 2.85. The molecule has 1 aromatic rings. The molecule has 1 atom stereocenters. The second-order valence-corrected chi connectivity index (χ2v) is 5.45. The molecule has 0 aliphatic carbocycles. The molecule has 1 amide bonds. The molecule has 1 fully saturated rings. The third-order valence-corrected chi connectivity index (χ3v) is 3.89. The number of benzene rings is 1. The van der Waals surface area contributed by atoms with E-state index in [4.69, 9.17) is 5.73 Å². The molecule has 0 unspecified atom stereocenters. The summed E-state index contributed by atoms with van der Waals surface area (Å²) in [5, 5.41) is 9.78. The highest BCUT2D eigenvalue weighted by Crippen LogP contribution is 2.32. The number of nitrogens with two attached hydrogens (primary N) is 1. The number of amides is 1. The zero-order valence-electron chi connectivity index (χ0n) is 11.7. The SMILES string of the molecule is C[C@@H](O)c1cccc(F)c1N1CCC(CC(N)=O)CC1. The van der Waals surface area contributed by atoms with Crippen LogP contribution < -0.4 is 10.6 Å². The minimum absolute atomic E-state index is 0.279. The predicted octanol–water partition coefficient (Wildman–Crippen LogP) is 1.97. The number of rotatable bonds is 4.